The Balaban J connectivity index is 2.35. The fourth-order valence-electron chi connectivity index (χ4n) is 0.908. The second kappa shape index (κ2) is 1.50. The number of hydrogen-bond donors (Lipinski definition) is 1. The maximum absolute atomic E-state index is 9.06. The molecule has 1 aromatic rings. The van der Waals surface area contributed by atoms with Crippen molar-refractivity contribution in [2.45, 2.75) is 18.9 Å². The van der Waals surface area contributed by atoms with Crippen LogP contribution in [0.4, 0.5) is 0 Å². The maximum Gasteiger partial charge on any atom is 0.209 e. The summed E-state index contributed by atoms with van der Waals surface area (Å²) in [5, 5.41) is 13.0. The minimum atomic E-state index is 0.289. The molecule has 3 heteroatoms. The van der Waals surface area contributed by atoms with Gasteiger partial charge in [-0.1, -0.05) is 0 Å². The lowest BCUT2D eigenvalue weighted by Gasteiger charge is -1.96. The van der Waals surface area contributed by atoms with Crippen molar-refractivity contribution in [3.05, 3.63) is 12.3 Å². The first-order chi connectivity index (χ1) is 4.38. The molecule has 2 rings (SSSR count). The van der Waals surface area contributed by atoms with Gasteiger partial charge in [0.2, 0.25) is 5.88 Å². The quantitative estimate of drug-likeness (QED) is 0.604. The summed E-state index contributed by atoms with van der Waals surface area (Å²) in [6, 6.07) is 2.10. The normalized spacial score (nSPS) is 18.2. The number of rotatable bonds is 1. The van der Waals surface area contributed by atoms with Crippen LogP contribution in [0, 0.1) is 0 Å². The summed E-state index contributed by atoms with van der Waals surface area (Å²) in [7, 11) is 0. The molecule has 0 bridgehead atoms. The molecule has 9 heavy (non-hydrogen) atoms. The average molecular weight is 124 g/mol. The van der Waals surface area contributed by atoms with Gasteiger partial charge in [0.1, 0.15) is 0 Å². The van der Waals surface area contributed by atoms with Gasteiger partial charge in [-0.3, -0.25) is 0 Å². The number of aromatic hydroxyl groups is 1. The molecule has 1 aliphatic rings. The number of aromatic nitrogens is 2. The van der Waals surface area contributed by atoms with Gasteiger partial charge in [0.15, 0.2) is 0 Å². The van der Waals surface area contributed by atoms with Gasteiger partial charge in [0.05, 0.1) is 12.2 Å². The lowest BCUT2D eigenvalue weighted by atomic mass is 10.6. The Morgan fingerprint density at radius 1 is 1.67 bits per heavy atom. The largest absolute Gasteiger partial charge is 0.493 e. The van der Waals surface area contributed by atoms with Crippen molar-refractivity contribution in [1.29, 1.82) is 0 Å². The molecule has 1 N–H and O–H groups in total. The Kier molecular flexibility index (Phi) is 0.806. The summed E-state index contributed by atoms with van der Waals surface area (Å²) in [6.45, 7) is 0. The summed E-state index contributed by atoms with van der Waals surface area (Å²) in [5.74, 6) is 0.289. The van der Waals surface area contributed by atoms with Crippen molar-refractivity contribution in [3.63, 3.8) is 0 Å². The number of nitrogens with zero attached hydrogens (tertiary/aromatic N) is 2. The second-order valence-corrected chi connectivity index (χ2v) is 2.37. The van der Waals surface area contributed by atoms with Crippen LogP contribution in [0.3, 0.4) is 0 Å². The highest BCUT2D eigenvalue weighted by Gasteiger charge is 2.25. The van der Waals surface area contributed by atoms with Crippen molar-refractivity contribution < 1.29 is 5.11 Å². The van der Waals surface area contributed by atoms with E-state index in [1.54, 1.807) is 16.9 Å². The van der Waals surface area contributed by atoms with Gasteiger partial charge in [-0.25, -0.2) is 4.68 Å². The minimum absolute atomic E-state index is 0.289. The molecule has 0 spiro atoms. The number of hydrogen-bond acceptors (Lipinski definition) is 2. The smallest absolute Gasteiger partial charge is 0.209 e. The van der Waals surface area contributed by atoms with E-state index >= 15 is 0 Å². The van der Waals surface area contributed by atoms with Crippen molar-refractivity contribution in [2.75, 3.05) is 0 Å². The van der Waals surface area contributed by atoms with E-state index in [0.717, 1.165) is 12.8 Å². The SMILES string of the molecule is Oc1ccnn1C1CC1. The Hall–Kier alpha value is -0.990. The molecule has 0 atom stereocenters. The fourth-order valence-corrected chi connectivity index (χ4v) is 0.908. The topological polar surface area (TPSA) is 38.1 Å². The van der Waals surface area contributed by atoms with Gasteiger partial charge in [-0.05, 0) is 12.8 Å². The summed E-state index contributed by atoms with van der Waals surface area (Å²) >= 11 is 0. The molecular weight excluding hydrogens is 116 g/mol. The van der Waals surface area contributed by atoms with Crippen molar-refractivity contribution in [2.24, 2.45) is 0 Å². The predicted octanol–water partition coefficient (Wildman–Crippen LogP) is 0.924. The molecular formula is C6H8N2O. The van der Waals surface area contributed by atoms with Gasteiger partial charge in [-0.2, -0.15) is 5.10 Å². The zero-order valence-electron chi connectivity index (χ0n) is 4.99. The Morgan fingerprint density at radius 3 is 2.89 bits per heavy atom. The van der Waals surface area contributed by atoms with Crippen LogP contribution in [0.2, 0.25) is 0 Å². The molecule has 3 nitrogen and oxygen atoms in total. The molecule has 1 aliphatic carbocycles. The van der Waals surface area contributed by atoms with Crippen LogP contribution in [-0.2, 0) is 0 Å². The van der Waals surface area contributed by atoms with Gasteiger partial charge in [0, 0.05) is 6.07 Å². The molecule has 1 saturated carbocycles. The third kappa shape index (κ3) is 0.686. The third-order valence-corrected chi connectivity index (χ3v) is 1.54. The molecule has 0 radical (unpaired) electrons. The van der Waals surface area contributed by atoms with Crippen molar-refractivity contribution >= 4 is 0 Å². The van der Waals surface area contributed by atoms with Gasteiger partial charge in [0.25, 0.3) is 0 Å². The van der Waals surface area contributed by atoms with Crippen LogP contribution in [-0.4, -0.2) is 14.9 Å². The van der Waals surface area contributed by atoms with E-state index < -0.39 is 0 Å². The zero-order valence-corrected chi connectivity index (χ0v) is 4.99. The van der Waals surface area contributed by atoms with Crippen LogP contribution >= 0.6 is 0 Å². The molecule has 1 fully saturated rings. The summed E-state index contributed by atoms with van der Waals surface area (Å²) < 4.78 is 1.67. The molecule has 0 aliphatic heterocycles. The van der Waals surface area contributed by atoms with Crippen LogP contribution in [0.5, 0.6) is 5.88 Å². The molecule has 0 aromatic carbocycles. The first kappa shape index (κ1) is 4.85. The van der Waals surface area contributed by atoms with E-state index in [0.29, 0.717) is 6.04 Å². The van der Waals surface area contributed by atoms with E-state index in [4.69, 9.17) is 5.11 Å². The molecule has 0 saturated heterocycles. The van der Waals surface area contributed by atoms with Gasteiger partial charge in [-0.15, -0.1) is 0 Å². The first-order valence-electron chi connectivity index (χ1n) is 3.10. The highest BCUT2D eigenvalue weighted by atomic mass is 16.3. The van der Waals surface area contributed by atoms with E-state index in [1.807, 2.05) is 0 Å². The summed E-state index contributed by atoms with van der Waals surface area (Å²) in [4.78, 5) is 0. The maximum atomic E-state index is 9.06. The van der Waals surface area contributed by atoms with Gasteiger partial charge < -0.3 is 5.11 Å². The predicted molar refractivity (Wildman–Crippen MR) is 32.2 cm³/mol. The first-order valence-corrected chi connectivity index (χ1v) is 3.10. The standard InChI is InChI=1S/C6H8N2O/c9-6-3-4-7-8(6)5-1-2-5/h3-5,9H,1-2H2. The van der Waals surface area contributed by atoms with Crippen molar-refractivity contribution in [3.8, 4) is 5.88 Å². The molecule has 1 heterocycles. The van der Waals surface area contributed by atoms with E-state index in [1.165, 1.54) is 0 Å². The monoisotopic (exact) mass is 124 g/mol. The van der Waals surface area contributed by atoms with Crippen LogP contribution in [0.25, 0.3) is 0 Å². The molecule has 0 unspecified atom stereocenters. The molecule has 48 valence electrons. The Bertz CT molecular complexity index is 215. The summed E-state index contributed by atoms with van der Waals surface area (Å²) in [5.41, 5.74) is 0. The van der Waals surface area contributed by atoms with Crippen LogP contribution in [0.15, 0.2) is 12.3 Å². The van der Waals surface area contributed by atoms with Crippen molar-refractivity contribution in [1.82, 2.24) is 9.78 Å². The third-order valence-electron chi connectivity index (χ3n) is 1.54. The van der Waals surface area contributed by atoms with E-state index in [9.17, 15) is 0 Å². The van der Waals surface area contributed by atoms with Gasteiger partial charge >= 0.3 is 0 Å². The zero-order chi connectivity index (χ0) is 6.27. The lowest BCUT2D eigenvalue weighted by molar-refractivity contribution is 0.401. The lowest BCUT2D eigenvalue weighted by Crippen LogP contribution is -1.93. The highest BCUT2D eigenvalue weighted by Crippen LogP contribution is 2.36. The second-order valence-electron chi connectivity index (χ2n) is 2.37. The Morgan fingerprint density at radius 2 is 2.44 bits per heavy atom. The Labute approximate surface area is 52.9 Å². The van der Waals surface area contributed by atoms with Crippen LogP contribution in [0.1, 0.15) is 18.9 Å². The minimum Gasteiger partial charge on any atom is -0.493 e. The molecule has 1 aromatic heterocycles. The fraction of sp³-hybridized carbons (Fsp3) is 0.500. The summed E-state index contributed by atoms with van der Waals surface area (Å²) in [6.07, 6.45) is 3.94. The van der Waals surface area contributed by atoms with E-state index in [2.05, 4.69) is 5.10 Å². The van der Waals surface area contributed by atoms with Crippen LogP contribution < -0.4 is 0 Å². The molecule has 0 amide bonds. The average Bonchev–Trinajstić information content (AvgIpc) is 2.58. The van der Waals surface area contributed by atoms with E-state index in [-0.39, 0.29) is 5.88 Å². The highest BCUT2D eigenvalue weighted by molar-refractivity contribution is 5.07.